The molecular weight excluding hydrogens is 348 g/mol. The van der Waals surface area contributed by atoms with Gasteiger partial charge in [-0.3, -0.25) is 9.59 Å². The van der Waals surface area contributed by atoms with Crippen LogP contribution >= 0.6 is 0 Å². The number of hydrogen-bond acceptors (Lipinski definition) is 2. The third-order valence-electron chi connectivity index (χ3n) is 5.73. The molecule has 0 atom stereocenters. The van der Waals surface area contributed by atoms with Crippen LogP contribution in [0.4, 0.5) is 5.69 Å². The minimum atomic E-state index is -0.109. The molecule has 1 aliphatic heterocycles. The molecule has 1 aliphatic carbocycles. The minimum absolute atomic E-state index is 0.0667. The summed E-state index contributed by atoms with van der Waals surface area (Å²) in [5, 5.41) is 3.00. The van der Waals surface area contributed by atoms with Gasteiger partial charge in [-0.2, -0.15) is 0 Å². The van der Waals surface area contributed by atoms with E-state index in [2.05, 4.69) is 32.2 Å². The van der Waals surface area contributed by atoms with Gasteiger partial charge in [0.05, 0.1) is 0 Å². The molecule has 0 saturated heterocycles. The Morgan fingerprint density at radius 1 is 1.00 bits per heavy atom. The molecule has 2 aromatic rings. The van der Waals surface area contributed by atoms with Gasteiger partial charge in [-0.15, -0.1) is 0 Å². The summed E-state index contributed by atoms with van der Waals surface area (Å²) >= 11 is 0. The van der Waals surface area contributed by atoms with E-state index in [1.807, 2.05) is 41.3 Å². The van der Waals surface area contributed by atoms with Gasteiger partial charge in [0.2, 0.25) is 5.91 Å². The number of hydrogen-bond donors (Lipinski definition) is 1. The molecule has 0 aromatic heterocycles. The molecule has 1 heterocycles. The fourth-order valence-corrected chi connectivity index (χ4v) is 3.74. The monoisotopic (exact) mass is 376 g/mol. The Balaban J connectivity index is 1.46. The molecule has 0 radical (unpaired) electrons. The van der Waals surface area contributed by atoms with E-state index >= 15 is 0 Å². The van der Waals surface area contributed by atoms with Crippen molar-refractivity contribution in [3.63, 3.8) is 0 Å². The standard InChI is InChI=1S/C24H28N2O2/c1-24(2,3)20-9-6-17(7-10-20)22(27)25-21-11-8-16-12-13-26(15-19(16)14-21)23(28)18-4-5-18/h6-11,14,18H,4-5,12-13,15H2,1-3H3,(H,25,27). The predicted octanol–water partition coefficient (Wildman–Crippen LogP) is 4.53. The van der Waals surface area contributed by atoms with Crippen molar-refractivity contribution >= 4 is 17.5 Å². The lowest BCUT2D eigenvalue weighted by Gasteiger charge is -2.29. The fourth-order valence-electron chi connectivity index (χ4n) is 3.74. The lowest BCUT2D eigenvalue weighted by Crippen LogP contribution is -2.36. The highest BCUT2D eigenvalue weighted by molar-refractivity contribution is 6.04. The molecule has 1 saturated carbocycles. The largest absolute Gasteiger partial charge is 0.338 e. The van der Waals surface area contributed by atoms with E-state index in [4.69, 9.17) is 0 Å². The van der Waals surface area contributed by atoms with Crippen molar-refractivity contribution in [2.75, 3.05) is 11.9 Å². The molecule has 1 N–H and O–H groups in total. The molecule has 0 unspecified atom stereocenters. The van der Waals surface area contributed by atoms with Gasteiger partial charge < -0.3 is 10.2 Å². The maximum absolute atomic E-state index is 12.6. The van der Waals surface area contributed by atoms with Gasteiger partial charge in [-0.25, -0.2) is 0 Å². The van der Waals surface area contributed by atoms with Crippen molar-refractivity contribution in [1.82, 2.24) is 4.90 Å². The van der Waals surface area contributed by atoms with E-state index in [-0.39, 0.29) is 17.2 Å². The SMILES string of the molecule is CC(C)(C)c1ccc(C(=O)Nc2ccc3c(c2)CN(C(=O)C2CC2)CC3)cc1. The third-order valence-corrected chi connectivity index (χ3v) is 5.73. The zero-order valence-corrected chi connectivity index (χ0v) is 16.9. The van der Waals surface area contributed by atoms with Crippen LogP contribution in [0.15, 0.2) is 42.5 Å². The van der Waals surface area contributed by atoms with E-state index < -0.39 is 0 Å². The smallest absolute Gasteiger partial charge is 0.255 e. The lowest BCUT2D eigenvalue weighted by atomic mass is 9.86. The molecule has 2 amide bonds. The number of nitrogens with one attached hydrogen (secondary N) is 1. The second kappa shape index (κ2) is 7.08. The molecule has 2 aliphatic rings. The predicted molar refractivity (Wildman–Crippen MR) is 111 cm³/mol. The van der Waals surface area contributed by atoms with E-state index in [1.165, 1.54) is 11.1 Å². The van der Waals surface area contributed by atoms with Gasteiger partial charge >= 0.3 is 0 Å². The van der Waals surface area contributed by atoms with E-state index in [0.29, 0.717) is 18.0 Å². The lowest BCUT2D eigenvalue weighted by molar-refractivity contribution is -0.133. The minimum Gasteiger partial charge on any atom is -0.338 e. The van der Waals surface area contributed by atoms with Gasteiger partial charge in [0, 0.05) is 30.3 Å². The van der Waals surface area contributed by atoms with Crippen molar-refractivity contribution in [1.29, 1.82) is 0 Å². The first-order chi connectivity index (χ1) is 13.3. The summed E-state index contributed by atoms with van der Waals surface area (Å²) in [6, 6.07) is 13.8. The molecule has 146 valence electrons. The average Bonchev–Trinajstić information content (AvgIpc) is 3.51. The van der Waals surface area contributed by atoms with Gasteiger partial charge in [-0.1, -0.05) is 39.0 Å². The molecule has 4 nitrogen and oxygen atoms in total. The highest BCUT2D eigenvalue weighted by Gasteiger charge is 2.34. The zero-order valence-electron chi connectivity index (χ0n) is 16.9. The van der Waals surface area contributed by atoms with Crippen LogP contribution < -0.4 is 5.32 Å². The highest BCUT2D eigenvalue weighted by atomic mass is 16.2. The Bertz CT molecular complexity index is 905. The van der Waals surface area contributed by atoms with E-state index in [9.17, 15) is 9.59 Å². The Morgan fingerprint density at radius 2 is 1.71 bits per heavy atom. The molecule has 0 bridgehead atoms. The van der Waals surface area contributed by atoms with Crippen molar-refractivity contribution in [3.8, 4) is 0 Å². The van der Waals surface area contributed by atoms with Crippen LogP contribution in [-0.2, 0) is 23.2 Å². The summed E-state index contributed by atoms with van der Waals surface area (Å²) in [7, 11) is 0. The first kappa shape index (κ1) is 18.7. The van der Waals surface area contributed by atoms with Crippen LogP contribution in [0.5, 0.6) is 0 Å². The number of nitrogens with zero attached hydrogens (tertiary/aromatic N) is 1. The number of carbonyl (C=O) groups is 2. The number of amides is 2. The van der Waals surface area contributed by atoms with Crippen LogP contribution in [0.3, 0.4) is 0 Å². The quantitative estimate of drug-likeness (QED) is 0.855. The van der Waals surface area contributed by atoms with E-state index in [0.717, 1.165) is 37.1 Å². The molecule has 4 heteroatoms. The summed E-state index contributed by atoms with van der Waals surface area (Å²) in [6.45, 7) is 7.92. The van der Waals surface area contributed by atoms with Crippen molar-refractivity contribution in [2.24, 2.45) is 5.92 Å². The topological polar surface area (TPSA) is 49.4 Å². The number of fused-ring (bicyclic) bond motifs is 1. The Hall–Kier alpha value is -2.62. The first-order valence-electron chi connectivity index (χ1n) is 10.1. The van der Waals surface area contributed by atoms with Crippen molar-refractivity contribution < 1.29 is 9.59 Å². The fraction of sp³-hybridized carbons (Fsp3) is 0.417. The maximum atomic E-state index is 12.6. The second-order valence-electron chi connectivity index (χ2n) is 9.05. The normalized spacial score (nSPS) is 16.5. The molecule has 4 rings (SSSR count). The Labute approximate surface area is 166 Å². The molecule has 28 heavy (non-hydrogen) atoms. The van der Waals surface area contributed by atoms with Gasteiger partial charge in [-0.05, 0) is 65.6 Å². The van der Waals surface area contributed by atoms with Crippen LogP contribution in [0.1, 0.15) is 60.7 Å². The summed E-state index contributed by atoms with van der Waals surface area (Å²) in [4.78, 5) is 27.0. The summed E-state index contributed by atoms with van der Waals surface area (Å²) in [5.41, 5.74) is 5.12. The zero-order chi connectivity index (χ0) is 19.9. The van der Waals surface area contributed by atoms with Crippen molar-refractivity contribution in [2.45, 2.75) is 52.0 Å². The number of rotatable bonds is 3. The van der Waals surface area contributed by atoms with Crippen LogP contribution in [0.2, 0.25) is 0 Å². The van der Waals surface area contributed by atoms with Gasteiger partial charge in [0.25, 0.3) is 5.91 Å². The van der Waals surface area contributed by atoms with Crippen LogP contribution in [0.25, 0.3) is 0 Å². The summed E-state index contributed by atoms with van der Waals surface area (Å²) in [5.74, 6) is 0.432. The third kappa shape index (κ3) is 3.96. The maximum Gasteiger partial charge on any atom is 0.255 e. The summed E-state index contributed by atoms with van der Waals surface area (Å²) in [6.07, 6.45) is 2.95. The molecular formula is C24H28N2O2. The van der Waals surface area contributed by atoms with Gasteiger partial charge in [0.1, 0.15) is 0 Å². The number of benzene rings is 2. The average molecular weight is 377 g/mol. The number of carbonyl (C=O) groups excluding carboxylic acids is 2. The van der Waals surface area contributed by atoms with Crippen LogP contribution in [0, 0.1) is 5.92 Å². The first-order valence-corrected chi connectivity index (χ1v) is 10.1. The Morgan fingerprint density at radius 3 is 2.36 bits per heavy atom. The Kier molecular flexibility index (Phi) is 4.74. The second-order valence-corrected chi connectivity index (χ2v) is 9.05. The van der Waals surface area contributed by atoms with E-state index in [1.54, 1.807) is 0 Å². The molecule has 1 fully saturated rings. The molecule has 2 aromatic carbocycles. The van der Waals surface area contributed by atoms with Gasteiger partial charge in [0.15, 0.2) is 0 Å². The summed E-state index contributed by atoms with van der Waals surface area (Å²) < 4.78 is 0. The highest BCUT2D eigenvalue weighted by Crippen LogP contribution is 2.33. The number of anilines is 1. The van der Waals surface area contributed by atoms with Crippen molar-refractivity contribution in [3.05, 3.63) is 64.7 Å². The molecule has 0 spiro atoms. The van der Waals surface area contributed by atoms with Crippen LogP contribution in [-0.4, -0.2) is 23.3 Å².